The van der Waals surface area contributed by atoms with Gasteiger partial charge in [0, 0.05) is 37.1 Å². The number of hydrogen-bond donors (Lipinski definition) is 0. The lowest BCUT2D eigenvalue weighted by Gasteiger charge is -2.21. The van der Waals surface area contributed by atoms with E-state index in [-0.39, 0.29) is 11.5 Å². The first kappa shape index (κ1) is 15.4. The Morgan fingerprint density at radius 3 is 2.65 bits per heavy atom. The van der Waals surface area contributed by atoms with E-state index < -0.39 is 11.6 Å². The maximum absolute atomic E-state index is 13.2. The predicted molar refractivity (Wildman–Crippen MR) is 77.1 cm³/mol. The van der Waals surface area contributed by atoms with Crippen LogP contribution in [-0.4, -0.2) is 53.8 Å². The fourth-order valence-corrected chi connectivity index (χ4v) is 2.83. The van der Waals surface area contributed by atoms with Crippen LogP contribution in [0.1, 0.15) is 16.8 Å². The molecule has 0 aliphatic carbocycles. The van der Waals surface area contributed by atoms with Crippen LogP contribution in [0.25, 0.3) is 0 Å². The molecule has 0 bridgehead atoms. The molecule has 1 aliphatic heterocycles. The summed E-state index contributed by atoms with van der Waals surface area (Å²) in [5.41, 5.74) is 0.206. The third-order valence-corrected chi connectivity index (χ3v) is 3.80. The van der Waals surface area contributed by atoms with Gasteiger partial charge in [-0.05, 0) is 31.2 Å². The van der Waals surface area contributed by atoms with Gasteiger partial charge in [0.1, 0.15) is 0 Å². The predicted octanol–water partition coefficient (Wildman–Crippen LogP) is 2.51. The lowest BCUT2D eigenvalue weighted by Crippen LogP contribution is -2.35. The molecule has 0 radical (unpaired) electrons. The number of halogens is 3. The zero-order valence-electron chi connectivity index (χ0n) is 11.1. The highest BCUT2D eigenvalue weighted by Gasteiger charge is 2.20. The smallest absolute Gasteiger partial charge is 0.254 e. The van der Waals surface area contributed by atoms with Crippen LogP contribution >= 0.6 is 15.9 Å². The molecule has 1 heterocycles. The van der Waals surface area contributed by atoms with E-state index in [0.29, 0.717) is 13.1 Å². The molecule has 0 aromatic heterocycles. The Labute approximate surface area is 125 Å². The van der Waals surface area contributed by atoms with E-state index in [9.17, 15) is 13.6 Å². The number of alkyl halides is 1. The van der Waals surface area contributed by atoms with E-state index in [1.165, 1.54) is 6.07 Å². The SMILES string of the molecule is O=C(c1ccc(F)c(F)c1)N1CCCN(CCBr)CC1. The molecule has 1 amide bonds. The molecule has 110 valence electrons. The summed E-state index contributed by atoms with van der Waals surface area (Å²) < 4.78 is 26.1. The van der Waals surface area contributed by atoms with E-state index in [1.807, 2.05) is 0 Å². The van der Waals surface area contributed by atoms with Crippen molar-refractivity contribution in [3.8, 4) is 0 Å². The van der Waals surface area contributed by atoms with E-state index >= 15 is 0 Å². The summed E-state index contributed by atoms with van der Waals surface area (Å²) in [6.45, 7) is 3.98. The highest BCUT2D eigenvalue weighted by Crippen LogP contribution is 2.13. The molecule has 0 saturated carbocycles. The van der Waals surface area contributed by atoms with Crippen LogP contribution in [0.3, 0.4) is 0 Å². The van der Waals surface area contributed by atoms with Gasteiger partial charge in [-0.25, -0.2) is 8.78 Å². The van der Waals surface area contributed by atoms with Crippen molar-refractivity contribution in [2.24, 2.45) is 0 Å². The number of benzene rings is 1. The minimum absolute atomic E-state index is 0.206. The number of nitrogens with zero attached hydrogens (tertiary/aromatic N) is 2. The molecular formula is C14H17BrF2N2O. The Kier molecular flexibility index (Phi) is 5.48. The first-order valence-corrected chi connectivity index (χ1v) is 7.76. The summed E-state index contributed by atoms with van der Waals surface area (Å²) in [4.78, 5) is 16.3. The lowest BCUT2D eigenvalue weighted by molar-refractivity contribution is 0.0761. The number of amides is 1. The van der Waals surface area contributed by atoms with Gasteiger partial charge in [-0.1, -0.05) is 15.9 Å². The van der Waals surface area contributed by atoms with Crippen LogP contribution in [0.15, 0.2) is 18.2 Å². The molecule has 1 aromatic carbocycles. The van der Waals surface area contributed by atoms with Gasteiger partial charge in [0.25, 0.3) is 5.91 Å². The molecule has 1 aliphatic rings. The van der Waals surface area contributed by atoms with E-state index in [1.54, 1.807) is 4.90 Å². The van der Waals surface area contributed by atoms with Crippen molar-refractivity contribution in [2.45, 2.75) is 6.42 Å². The zero-order valence-corrected chi connectivity index (χ0v) is 12.7. The summed E-state index contributed by atoms with van der Waals surface area (Å²) >= 11 is 3.41. The molecule has 2 rings (SSSR count). The minimum atomic E-state index is -0.980. The van der Waals surface area contributed by atoms with E-state index in [2.05, 4.69) is 20.8 Å². The summed E-state index contributed by atoms with van der Waals surface area (Å²) in [6.07, 6.45) is 0.891. The maximum atomic E-state index is 13.2. The minimum Gasteiger partial charge on any atom is -0.337 e. The molecule has 0 N–H and O–H groups in total. The molecule has 3 nitrogen and oxygen atoms in total. The second kappa shape index (κ2) is 7.13. The number of carbonyl (C=O) groups is 1. The zero-order chi connectivity index (χ0) is 14.5. The third kappa shape index (κ3) is 3.76. The topological polar surface area (TPSA) is 23.6 Å². The van der Waals surface area contributed by atoms with Crippen molar-refractivity contribution in [1.29, 1.82) is 0 Å². The normalized spacial score (nSPS) is 17.1. The summed E-state index contributed by atoms with van der Waals surface area (Å²) in [7, 11) is 0. The average molecular weight is 347 g/mol. The van der Waals surface area contributed by atoms with Gasteiger partial charge in [-0.3, -0.25) is 4.79 Å². The van der Waals surface area contributed by atoms with Gasteiger partial charge in [0.05, 0.1) is 0 Å². The molecule has 0 atom stereocenters. The maximum Gasteiger partial charge on any atom is 0.254 e. The molecule has 0 spiro atoms. The van der Waals surface area contributed by atoms with Crippen LogP contribution in [0.5, 0.6) is 0 Å². The van der Waals surface area contributed by atoms with Crippen LogP contribution in [0.2, 0.25) is 0 Å². The molecule has 1 aromatic rings. The lowest BCUT2D eigenvalue weighted by atomic mass is 10.2. The monoisotopic (exact) mass is 346 g/mol. The van der Waals surface area contributed by atoms with Crippen molar-refractivity contribution in [2.75, 3.05) is 38.1 Å². The van der Waals surface area contributed by atoms with Gasteiger partial charge in [0.2, 0.25) is 0 Å². The Bertz CT molecular complexity index is 484. The summed E-state index contributed by atoms with van der Waals surface area (Å²) in [5.74, 6) is -2.14. The van der Waals surface area contributed by atoms with Crippen LogP contribution in [0.4, 0.5) is 8.78 Å². The Morgan fingerprint density at radius 1 is 1.15 bits per heavy atom. The second-order valence-corrected chi connectivity index (χ2v) is 5.60. The van der Waals surface area contributed by atoms with Gasteiger partial charge in [-0.2, -0.15) is 0 Å². The fraction of sp³-hybridized carbons (Fsp3) is 0.500. The highest BCUT2D eigenvalue weighted by atomic mass is 79.9. The fourth-order valence-electron chi connectivity index (χ4n) is 2.33. The van der Waals surface area contributed by atoms with Crippen LogP contribution < -0.4 is 0 Å². The number of carbonyl (C=O) groups excluding carboxylic acids is 1. The van der Waals surface area contributed by atoms with Crippen LogP contribution in [0, 0.1) is 11.6 Å². The van der Waals surface area contributed by atoms with E-state index in [0.717, 1.165) is 43.5 Å². The number of rotatable bonds is 3. The Hall–Kier alpha value is -1.01. The Balaban J connectivity index is 2.03. The van der Waals surface area contributed by atoms with Crippen LogP contribution in [-0.2, 0) is 0 Å². The van der Waals surface area contributed by atoms with Gasteiger partial charge >= 0.3 is 0 Å². The molecule has 20 heavy (non-hydrogen) atoms. The van der Waals surface area contributed by atoms with Crippen molar-refractivity contribution >= 4 is 21.8 Å². The highest BCUT2D eigenvalue weighted by molar-refractivity contribution is 9.09. The first-order chi connectivity index (χ1) is 9.61. The average Bonchev–Trinajstić information content (AvgIpc) is 2.67. The Morgan fingerprint density at radius 2 is 1.95 bits per heavy atom. The first-order valence-electron chi connectivity index (χ1n) is 6.64. The molecule has 1 saturated heterocycles. The second-order valence-electron chi connectivity index (χ2n) is 4.81. The molecule has 0 unspecified atom stereocenters. The van der Waals surface area contributed by atoms with Gasteiger partial charge in [-0.15, -0.1) is 0 Å². The largest absolute Gasteiger partial charge is 0.337 e. The summed E-state index contributed by atoms with van der Waals surface area (Å²) in [5, 5.41) is 0.907. The van der Waals surface area contributed by atoms with Crippen molar-refractivity contribution < 1.29 is 13.6 Å². The van der Waals surface area contributed by atoms with E-state index in [4.69, 9.17) is 0 Å². The van der Waals surface area contributed by atoms with Crippen molar-refractivity contribution in [3.05, 3.63) is 35.4 Å². The standard InChI is InChI=1S/C14H17BrF2N2O/c15-4-7-18-5-1-6-19(9-8-18)14(20)11-2-3-12(16)13(17)10-11/h2-3,10H,1,4-9H2. The molecule has 6 heteroatoms. The molecule has 1 fully saturated rings. The molecular weight excluding hydrogens is 330 g/mol. The van der Waals surface area contributed by atoms with Crippen molar-refractivity contribution in [1.82, 2.24) is 9.80 Å². The van der Waals surface area contributed by atoms with Gasteiger partial charge < -0.3 is 9.80 Å². The summed E-state index contributed by atoms with van der Waals surface area (Å²) in [6, 6.07) is 3.30. The quantitative estimate of drug-likeness (QED) is 0.785. The third-order valence-electron chi connectivity index (χ3n) is 3.44. The number of hydrogen-bond acceptors (Lipinski definition) is 2. The van der Waals surface area contributed by atoms with Gasteiger partial charge in [0.15, 0.2) is 11.6 Å². The van der Waals surface area contributed by atoms with Crippen molar-refractivity contribution in [3.63, 3.8) is 0 Å².